The van der Waals surface area contributed by atoms with Gasteiger partial charge in [0.25, 0.3) is 0 Å². The highest BCUT2D eigenvalue weighted by molar-refractivity contribution is 7.98. The molecule has 1 fully saturated rings. The molecule has 1 aliphatic carbocycles. The molecule has 1 aromatic rings. The number of hydrogen-bond acceptors (Lipinski definition) is 2. The first-order valence-corrected chi connectivity index (χ1v) is 6.42. The number of thioether (sulfide) groups is 1. The number of rotatable bonds is 3. The first-order chi connectivity index (χ1) is 7.10. The van der Waals surface area contributed by atoms with Crippen LogP contribution in [0.15, 0.2) is 23.1 Å². The molecule has 1 aliphatic rings. The van der Waals surface area contributed by atoms with Gasteiger partial charge in [-0.15, -0.1) is 11.8 Å². The molecule has 1 nitrogen and oxygen atoms in total. The van der Waals surface area contributed by atoms with Gasteiger partial charge in [0.1, 0.15) is 5.82 Å². The smallest absolute Gasteiger partial charge is 0.137 e. The van der Waals surface area contributed by atoms with Crippen LogP contribution in [-0.4, -0.2) is 12.3 Å². The first-order valence-electron chi connectivity index (χ1n) is 5.20. The summed E-state index contributed by atoms with van der Waals surface area (Å²) in [4.78, 5) is 0.708. The lowest BCUT2D eigenvalue weighted by molar-refractivity contribution is 0.543. The van der Waals surface area contributed by atoms with Crippen LogP contribution in [-0.2, 0) is 5.41 Å². The summed E-state index contributed by atoms with van der Waals surface area (Å²) in [6.45, 7) is 2.01. The molecule has 0 amide bonds. The van der Waals surface area contributed by atoms with Gasteiger partial charge in [-0.3, -0.25) is 0 Å². The molecule has 3 heteroatoms. The van der Waals surface area contributed by atoms with E-state index in [1.807, 2.05) is 25.3 Å². The molecule has 2 N–H and O–H groups in total. The Morgan fingerprint density at radius 1 is 1.47 bits per heavy atom. The van der Waals surface area contributed by atoms with Crippen molar-refractivity contribution < 1.29 is 4.39 Å². The van der Waals surface area contributed by atoms with Gasteiger partial charge in [0, 0.05) is 16.4 Å². The van der Waals surface area contributed by atoms with Crippen LogP contribution < -0.4 is 5.73 Å². The minimum absolute atomic E-state index is 0.0534. The van der Waals surface area contributed by atoms with E-state index in [-0.39, 0.29) is 17.3 Å². The minimum Gasteiger partial charge on any atom is -0.327 e. The summed E-state index contributed by atoms with van der Waals surface area (Å²) in [5, 5.41) is 0. The van der Waals surface area contributed by atoms with Crippen LogP contribution >= 0.6 is 11.8 Å². The summed E-state index contributed by atoms with van der Waals surface area (Å²) >= 11 is 1.44. The van der Waals surface area contributed by atoms with Crippen LogP contribution in [0.4, 0.5) is 4.39 Å². The highest BCUT2D eigenvalue weighted by atomic mass is 32.2. The predicted molar refractivity (Wildman–Crippen MR) is 62.7 cm³/mol. The van der Waals surface area contributed by atoms with E-state index in [1.165, 1.54) is 11.8 Å². The SMILES string of the molecule is CSc1ccc(C2(C(C)N)CC2)cc1F. The molecule has 1 aromatic carbocycles. The molecule has 0 aromatic heterocycles. The van der Waals surface area contributed by atoms with E-state index in [0.717, 1.165) is 18.4 Å². The summed E-state index contributed by atoms with van der Waals surface area (Å²) in [7, 11) is 0. The highest BCUT2D eigenvalue weighted by Gasteiger charge is 2.47. The molecule has 1 atom stereocenters. The van der Waals surface area contributed by atoms with E-state index in [4.69, 9.17) is 5.73 Å². The largest absolute Gasteiger partial charge is 0.327 e. The van der Waals surface area contributed by atoms with Crippen LogP contribution in [0, 0.1) is 5.82 Å². The standard InChI is InChI=1S/C12H16FNS/c1-8(14)12(5-6-12)9-3-4-11(15-2)10(13)7-9/h3-4,7-8H,5-6,14H2,1-2H3. The van der Waals surface area contributed by atoms with E-state index < -0.39 is 0 Å². The Bertz CT molecular complexity index is 372. The molecule has 0 aliphatic heterocycles. The third-order valence-electron chi connectivity index (χ3n) is 3.39. The topological polar surface area (TPSA) is 26.0 Å². The van der Waals surface area contributed by atoms with Gasteiger partial charge in [-0.2, -0.15) is 0 Å². The average molecular weight is 225 g/mol. The molecule has 1 unspecified atom stereocenters. The summed E-state index contributed by atoms with van der Waals surface area (Å²) in [5.74, 6) is -0.119. The van der Waals surface area contributed by atoms with E-state index in [9.17, 15) is 4.39 Å². The summed E-state index contributed by atoms with van der Waals surface area (Å²) in [5.41, 5.74) is 7.07. The molecule has 82 valence electrons. The fourth-order valence-electron chi connectivity index (χ4n) is 2.12. The van der Waals surface area contributed by atoms with Crippen LogP contribution in [0.1, 0.15) is 25.3 Å². The second-order valence-electron chi connectivity index (χ2n) is 4.29. The molecule has 15 heavy (non-hydrogen) atoms. The maximum Gasteiger partial charge on any atom is 0.137 e. The molecule has 0 spiro atoms. The molecule has 0 radical (unpaired) electrons. The van der Waals surface area contributed by atoms with Gasteiger partial charge in [0.2, 0.25) is 0 Å². The van der Waals surface area contributed by atoms with Crippen molar-refractivity contribution in [1.82, 2.24) is 0 Å². The summed E-state index contributed by atoms with van der Waals surface area (Å²) in [6.07, 6.45) is 4.06. The van der Waals surface area contributed by atoms with Crippen molar-refractivity contribution in [3.63, 3.8) is 0 Å². The lowest BCUT2D eigenvalue weighted by atomic mass is 9.89. The monoisotopic (exact) mass is 225 g/mol. The van der Waals surface area contributed by atoms with E-state index >= 15 is 0 Å². The zero-order valence-electron chi connectivity index (χ0n) is 9.09. The molecular formula is C12H16FNS. The van der Waals surface area contributed by atoms with Gasteiger partial charge in [-0.1, -0.05) is 6.07 Å². The van der Waals surface area contributed by atoms with Crippen LogP contribution in [0.2, 0.25) is 0 Å². The number of benzene rings is 1. The van der Waals surface area contributed by atoms with Gasteiger partial charge < -0.3 is 5.73 Å². The van der Waals surface area contributed by atoms with E-state index in [1.54, 1.807) is 6.07 Å². The molecule has 0 saturated heterocycles. The maximum absolute atomic E-state index is 13.6. The van der Waals surface area contributed by atoms with Gasteiger partial charge >= 0.3 is 0 Å². The molecule has 1 saturated carbocycles. The quantitative estimate of drug-likeness (QED) is 0.800. The zero-order valence-corrected chi connectivity index (χ0v) is 9.90. The fraction of sp³-hybridized carbons (Fsp3) is 0.500. The first kappa shape index (κ1) is 11.0. The van der Waals surface area contributed by atoms with E-state index in [2.05, 4.69) is 0 Å². The van der Waals surface area contributed by atoms with Gasteiger partial charge in [-0.05, 0) is 43.7 Å². The van der Waals surface area contributed by atoms with Gasteiger partial charge in [0.05, 0.1) is 0 Å². The van der Waals surface area contributed by atoms with Crippen LogP contribution in [0.5, 0.6) is 0 Å². The summed E-state index contributed by atoms with van der Waals surface area (Å²) in [6, 6.07) is 5.64. The second-order valence-corrected chi connectivity index (χ2v) is 5.14. The number of nitrogens with two attached hydrogens (primary N) is 1. The van der Waals surface area contributed by atoms with Crippen molar-refractivity contribution in [1.29, 1.82) is 0 Å². The highest BCUT2D eigenvalue weighted by Crippen LogP contribution is 2.50. The Morgan fingerprint density at radius 2 is 2.13 bits per heavy atom. The second kappa shape index (κ2) is 3.80. The average Bonchev–Trinajstić information content (AvgIpc) is 2.98. The van der Waals surface area contributed by atoms with Crippen molar-refractivity contribution >= 4 is 11.8 Å². The Morgan fingerprint density at radius 3 is 2.53 bits per heavy atom. The van der Waals surface area contributed by atoms with Gasteiger partial charge in [-0.25, -0.2) is 4.39 Å². The lowest BCUT2D eigenvalue weighted by Gasteiger charge is -2.20. The van der Waals surface area contributed by atoms with Crippen LogP contribution in [0.25, 0.3) is 0 Å². The van der Waals surface area contributed by atoms with Crippen molar-refractivity contribution in [2.24, 2.45) is 5.73 Å². The third kappa shape index (κ3) is 1.79. The summed E-state index contributed by atoms with van der Waals surface area (Å²) < 4.78 is 13.6. The Hall–Kier alpha value is -0.540. The zero-order chi connectivity index (χ0) is 11.1. The molecule has 0 bridgehead atoms. The normalized spacial score (nSPS) is 20.0. The predicted octanol–water partition coefficient (Wildman–Crippen LogP) is 2.93. The van der Waals surface area contributed by atoms with Crippen molar-refractivity contribution in [2.45, 2.75) is 36.1 Å². The van der Waals surface area contributed by atoms with Crippen LogP contribution in [0.3, 0.4) is 0 Å². The molecular weight excluding hydrogens is 209 g/mol. The minimum atomic E-state index is -0.119. The number of halogens is 1. The van der Waals surface area contributed by atoms with Crippen molar-refractivity contribution in [3.8, 4) is 0 Å². The van der Waals surface area contributed by atoms with Crippen molar-refractivity contribution in [3.05, 3.63) is 29.6 Å². The third-order valence-corrected chi connectivity index (χ3v) is 4.16. The Balaban J connectivity index is 2.35. The fourth-order valence-corrected chi connectivity index (χ4v) is 2.58. The van der Waals surface area contributed by atoms with Crippen molar-refractivity contribution in [2.75, 3.05) is 6.26 Å². The van der Waals surface area contributed by atoms with E-state index in [0.29, 0.717) is 4.90 Å². The number of hydrogen-bond donors (Lipinski definition) is 1. The Kier molecular flexibility index (Phi) is 2.77. The maximum atomic E-state index is 13.6. The Labute approximate surface area is 94.2 Å². The molecule has 2 rings (SSSR count). The van der Waals surface area contributed by atoms with Gasteiger partial charge in [0.15, 0.2) is 0 Å². The lowest BCUT2D eigenvalue weighted by Crippen LogP contribution is -2.31. The molecule has 0 heterocycles.